The van der Waals surface area contributed by atoms with Crippen LogP contribution in [-0.2, 0) is 16.6 Å². The standard InChI is InChI=1S/C19H17Cl3N2O2S2/c20-15-7-6-14(16(21)10-15)11-23-17(13-4-2-1-3-5-13)12-24-28(25,26)19-9-8-18(22)27-19/h1-10,17,23-24H,11-12H2/t17-/m1/s1. The number of halogens is 3. The van der Waals surface area contributed by atoms with E-state index >= 15 is 0 Å². The van der Waals surface area contributed by atoms with Crippen molar-refractivity contribution in [2.45, 2.75) is 16.8 Å². The summed E-state index contributed by atoms with van der Waals surface area (Å²) in [6.45, 7) is 0.634. The van der Waals surface area contributed by atoms with Gasteiger partial charge in [-0.2, -0.15) is 0 Å². The van der Waals surface area contributed by atoms with Crippen LogP contribution >= 0.6 is 46.1 Å². The van der Waals surface area contributed by atoms with Crippen molar-refractivity contribution >= 4 is 56.2 Å². The van der Waals surface area contributed by atoms with Gasteiger partial charge in [0.25, 0.3) is 0 Å². The molecule has 1 aromatic heterocycles. The summed E-state index contributed by atoms with van der Waals surface area (Å²) >= 11 is 19.1. The number of rotatable bonds is 8. The summed E-state index contributed by atoms with van der Waals surface area (Å²) < 4.78 is 28.3. The Bertz CT molecular complexity index is 1040. The second-order valence-electron chi connectivity index (χ2n) is 5.99. The van der Waals surface area contributed by atoms with Crippen molar-refractivity contribution in [1.29, 1.82) is 0 Å². The summed E-state index contributed by atoms with van der Waals surface area (Å²) in [5.74, 6) is 0. The van der Waals surface area contributed by atoms with Gasteiger partial charge in [-0.3, -0.25) is 0 Å². The van der Waals surface area contributed by atoms with Gasteiger partial charge >= 0.3 is 0 Å². The number of nitrogens with one attached hydrogen (secondary N) is 2. The van der Waals surface area contributed by atoms with Crippen molar-refractivity contribution in [2.24, 2.45) is 0 Å². The summed E-state index contributed by atoms with van der Waals surface area (Å²) in [4.78, 5) is 0. The van der Waals surface area contributed by atoms with Crippen molar-refractivity contribution in [1.82, 2.24) is 10.0 Å². The second-order valence-corrected chi connectivity index (χ2v) is 10.5. The van der Waals surface area contributed by atoms with Gasteiger partial charge in [-0.1, -0.05) is 71.2 Å². The van der Waals surface area contributed by atoms with Crippen LogP contribution in [0.2, 0.25) is 14.4 Å². The van der Waals surface area contributed by atoms with Gasteiger partial charge in [0.05, 0.1) is 4.34 Å². The van der Waals surface area contributed by atoms with Crippen LogP contribution in [0.5, 0.6) is 0 Å². The van der Waals surface area contributed by atoms with Crippen molar-refractivity contribution in [3.63, 3.8) is 0 Å². The van der Waals surface area contributed by atoms with E-state index in [1.807, 2.05) is 36.4 Å². The minimum atomic E-state index is -3.64. The Labute approximate surface area is 183 Å². The molecule has 4 nitrogen and oxygen atoms in total. The fraction of sp³-hybridized carbons (Fsp3) is 0.158. The lowest BCUT2D eigenvalue weighted by Gasteiger charge is -2.20. The number of thiophene rings is 1. The van der Waals surface area contributed by atoms with Gasteiger partial charge in [0.15, 0.2) is 0 Å². The third kappa shape index (κ3) is 5.70. The first-order chi connectivity index (χ1) is 13.3. The quantitative estimate of drug-likeness (QED) is 0.451. The molecular formula is C19H17Cl3N2O2S2. The normalized spacial score (nSPS) is 12.8. The Morgan fingerprint density at radius 2 is 1.71 bits per heavy atom. The number of sulfonamides is 1. The maximum Gasteiger partial charge on any atom is 0.250 e. The fourth-order valence-corrected chi connectivity index (χ4v) is 5.65. The minimum absolute atomic E-state index is 0.174. The van der Waals surface area contributed by atoms with E-state index in [9.17, 15) is 8.42 Å². The molecule has 0 radical (unpaired) electrons. The molecular weight excluding hydrogens is 459 g/mol. The highest BCUT2D eigenvalue weighted by atomic mass is 35.5. The van der Waals surface area contributed by atoms with Crippen LogP contribution in [0, 0.1) is 0 Å². The van der Waals surface area contributed by atoms with Crippen molar-refractivity contribution in [3.8, 4) is 0 Å². The van der Waals surface area contributed by atoms with Crippen LogP contribution in [0.4, 0.5) is 0 Å². The molecule has 2 aromatic carbocycles. The third-order valence-corrected chi connectivity index (χ3v) is 7.78. The van der Waals surface area contributed by atoms with E-state index in [4.69, 9.17) is 34.8 Å². The lowest BCUT2D eigenvalue weighted by molar-refractivity contribution is 0.513. The molecule has 0 fully saturated rings. The van der Waals surface area contributed by atoms with Crippen LogP contribution < -0.4 is 10.0 Å². The largest absolute Gasteiger partial charge is 0.305 e. The molecule has 148 valence electrons. The zero-order chi connectivity index (χ0) is 20.1. The van der Waals surface area contributed by atoms with Crippen LogP contribution in [0.1, 0.15) is 17.2 Å². The van der Waals surface area contributed by atoms with Gasteiger partial charge in [0.2, 0.25) is 10.0 Å². The third-order valence-electron chi connectivity index (χ3n) is 4.05. The van der Waals surface area contributed by atoms with E-state index < -0.39 is 10.0 Å². The summed E-state index contributed by atoms with van der Waals surface area (Å²) in [6.07, 6.45) is 0. The molecule has 1 heterocycles. The first-order valence-electron chi connectivity index (χ1n) is 8.32. The first kappa shape index (κ1) is 21.6. The average molecular weight is 476 g/mol. The molecule has 3 aromatic rings. The SMILES string of the molecule is O=S(=O)(NC[C@@H](NCc1ccc(Cl)cc1Cl)c1ccccc1)c1ccc(Cl)s1. The summed E-state index contributed by atoms with van der Waals surface area (Å²) in [6, 6.07) is 17.7. The fourth-order valence-electron chi connectivity index (χ4n) is 2.60. The van der Waals surface area contributed by atoms with Crippen LogP contribution in [0.25, 0.3) is 0 Å². The topological polar surface area (TPSA) is 58.2 Å². The highest BCUT2D eigenvalue weighted by Gasteiger charge is 2.20. The van der Waals surface area contributed by atoms with E-state index in [1.54, 1.807) is 18.2 Å². The van der Waals surface area contributed by atoms with Gasteiger partial charge in [-0.15, -0.1) is 11.3 Å². The summed E-state index contributed by atoms with van der Waals surface area (Å²) in [7, 11) is -3.64. The summed E-state index contributed by atoms with van der Waals surface area (Å²) in [5.41, 5.74) is 1.83. The molecule has 0 amide bonds. The zero-order valence-electron chi connectivity index (χ0n) is 14.5. The maximum atomic E-state index is 12.5. The first-order valence-corrected chi connectivity index (χ1v) is 11.8. The van der Waals surface area contributed by atoms with Crippen LogP contribution in [0.15, 0.2) is 64.9 Å². The molecule has 0 aliphatic heterocycles. The van der Waals surface area contributed by atoms with Crippen LogP contribution in [-0.4, -0.2) is 15.0 Å². The van der Waals surface area contributed by atoms with Crippen molar-refractivity contribution < 1.29 is 8.42 Å². The molecule has 2 N–H and O–H groups in total. The molecule has 3 rings (SSSR count). The van der Waals surface area contributed by atoms with Crippen LogP contribution in [0.3, 0.4) is 0 Å². The van der Waals surface area contributed by atoms with E-state index in [2.05, 4.69) is 10.0 Å². The second kappa shape index (κ2) is 9.59. The molecule has 0 bridgehead atoms. The van der Waals surface area contributed by atoms with Gasteiger partial charge in [-0.25, -0.2) is 13.1 Å². The highest BCUT2D eigenvalue weighted by Crippen LogP contribution is 2.26. The van der Waals surface area contributed by atoms with Crippen molar-refractivity contribution in [3.05, 3.63) is 86.2 Å². The molecule has 0 aliphatic carbocycles. The van der Waals surface area contributed by atoms with Gasteiger partial charge < -0.3 is 5.32 Å². The van der Waals surface area contributed by atoms with E-state index in [0.29, 0.717) is 20.9 Å². The predicted molar refractivity (Wildman–Crippen MR) is 117 cm³/mol. The monoisotopic (exact) mass is 474 g/mol. The van der Waals surface area contributed by atoms with E-state index in [-0.39, 0.29) is 16.8 Å². The van der Waals surface area contributed by atoms with Gasteiger partial charge in [0.1, 0.15) is 4.21 Å². The Hall–Kier alpha value is -1.12. The predicted octanol–water partition coefficient (Wildman–Crippen LogP) is 5.52. The molecule has 0 spiro atoms. The van der Waals surface area contributed by atoms with E-state index in [0.717, 1.165) is 22.5 Å². The number of hydrogen-bond acceptors (Lipinski definition) is 4. The molecule has 0 aliphatic rings. The Kier molecular flexibility index (Phi) is 7.39. The van der Waals surface area contributed by atoms with Gasteiger partial charge in [0, 0.05) is 29.2 Å². The molecule has 0 saturated heterocycles. The highest BCUT2D eigenvalue weighted by molar-refractivity contribution is 7.91. The van der Waals surface area contributed by atoms with E-state index in [1.165, 1.54) is 6.07 Å². The summed E-state index contributed by atoms with van der Waals surface area (Å²) in [5, 5.41) is 4.49. The molecule has 1 atom stereocenters. The Balaban J connectivity index is 1.74. The molecule has 28 heavy (non-hydrogen) atoms. The number of benzene rings is 2. The molecule has 0 saturated carbocycles. The Morgan fingerprint density at radius 1 is 0.964 bits per heavy atom. The maximum absolute atomic E-state index is 12.5. The smallest absolute Gasteiger partial charge is 0.250 e. The lowest BCUT2D eigenvalue weighted by atomic mass is 10.1. The average Bonchev–Trinajstić information content (AvgIpc) is 3.11. The van der Waals surface area contributed by atoms with Gasteiger partial charge in [-0.05, 0) is 35.4 Å². The minimum Gasteiger partial charge on any atom is -0.305 e. The molecule has 9 heteroatoms. The zero-order valence-corrected chi connectivity index (χ0v) is 18.4. The molecule has 0 unspecified atom stereocenters. The Morgan fingerprint density at radius 3 is 2.36 bits per heavy atom. The van der Waals surface area contributed by atoms with Crippen molar-refractivity contribution in [2.75, 3.05) is 6.54 Å². The lowest BCUT2D eigenvalue weighted by Crippen LogP contribution is -2.34. The number of hydrogen-bond donors (Lipinski definition) is 2.